The van der Waals surface area contributed by atoms with E-state index in [0.717, 1.165) is 11.3 Å². The molecule has 0 amide bonds. The Kier molecular flexibility index (Phi) is 2.49. The van der Waals surface area contributed by atoms with Crippen molar-refractivity contribution in [1.29, 1.82) is 0 Å². The maximum absolute atomic E-state index is 6.13. The molecule has 2 heterocycles. The molecular weight excluding hydrogens is 258 g/mol. The molecule has 0 N–H and O–H groups in total. The Labute approximate surface area is 123 Å². The van der Waals surface area contributed by atoms with Crippen molar-refractivity contribution in [1.82, 2.24) is 4.57 Å². The minimum atomic E-state index is 0.936. The molecule has 2 heteroatoms. The minimum Gasteiger partial charge on any atom is -0.439 e. The van der Waals surface area contributed by atoms with Crippen LogP contribution in [0, 0.1) is 20.8 Å². The largest absolute Gasteiger partial charge is 0.439 e. The number of furan rings is 1. The van der Waals surface area contributed by atoms with Crippen LogP contribution in [0.2, 0.25) is 0 Å². The van der Waals surface area contributed by atoms with E-state index in [2.05, 4.69) is 61.7 Å². The van der Waals surface area contributed by atoms with Gasteiger partial charge in [0.05, 0.1) is 5.69 Å². The Morgan fingerprint density at radius 1 is 0.810 bits per heavy atom. The SMILES string of the molecule is Cc1cccc(C)c1-n1c(C)cc2c3ccccc3oc21. The maximum Gasteiger partial charge on any atom is 0.212 e. The Bertz CT molecular complexity index is 952. The van der Waals surface area contributed by atoms with Gasteiger partial charge in [-0.05, 0) is 44.0 Å². The molecule has 0 aliphatic carbocycles. The fraction of sp³-hybridized carbons (Fsp3) is 0.158. The number of aromatic nitrogens is 1. The zero-order valence-electron chi connectivity index (χ0n) is 12.5. The predicted octanol–water partition coefficient (Wildman–Crippen LogP) is 5.30. The fourth-order valence-corrected chi connectivity index (χ4v) is 3.23. The summed E-state index contributed by atoms with van der Waals surface area (Å²) in [6.45, 7) is 6.43. The second kappa shape index (κ2) is 4.26. The van der Waals surface area contributed by atoms with E-state index < -0.39 is 0 Å². The lowest BCUT2D eigenvalue weighted by molar-refractivity contribution is 0.639. The van der Waals surface area contributed by atoms with Crippen LogP contribution < -0.4 is 0 Å². The minimum absolute atomic E-state index is 0.936. The quantitative estimate of drug-likeness (QED) is 0.461. The molecule has 0 atom stereocenters. The third-order valence-corrected chi connectivity index (χ3v) is 4.19. The molecular formula is C19H17NO. The van der Waals surface area contributed by atoms with Crippen molar-refractivity contribution in [2.45, 2.75) is 20.8 Å². The Balaban J connectivity index is 2.16. The van der Waals surface area contributed by atoms with Crippen LogP contribution in [-0.4, -0.2) is 4.57 Å². The summed E-state index contributed by atoms with van der Waals surface area (Å²) in [5.74, 6) is 0. The second-order valence-electron chi connectivity index (χ2n) is 5.68. The first-order chi connectivity index (χ1) is 10.2. The van der Waals surface area contributed by atoms with Crippen LogP contribution in [0.25, 0.3) is 27.8 Å². The van der Waals surface area contributed by atoms with Gasteiger partial charge >= 0.3 is 0 Å². The molecule has 4 rings (SSSR count). The van der Waals surface area contributed by atoms with Crippen LogP contribution in [0.1, 0.15) is 16.8 Å². The molecule has 0 radical (unpaired) electrons. The second-order valence-corrected chi connectivity index (χ2v) is 5.68. The summed E-state index contributed by atoms with van der Waals surface area (Å²) in [5, 5.41) is 2.37. The summed E-state index contributed by atoms with van der Waals surface area (Å²) in [4.78, 5) is 0. The molecule has 2 aromatic carbocycles. The number of rotatable bonds is 1. The van der Waals surface area contributed by atoms with Crippen LogP contribution in [0.15, 0.2) is 52.9 Å². The van der Waals surface area contributed by atoms with Crippen LogP contribution >= 0.6 is 0 Å². The van der Waals surface area contributed by atoms with Gasteiger partial charge in [0.25, 0.3) is 0 Å². The Hall–Kier alpha value is -2.48. The highest BCUT2D eigenvalue weighted by atomic mass is 16.3. The third kappa shape index (κ3) is 1.65. The van der Waals surface area contributed by atoms with Crippen molar-refractivity contribution in [2.24, 2.45) is 0 Å². The van der Waals surface area contributed by atoms with E-state index in [9.17, 15) is 0 Å². The summed E-state index contributed by atoms with van der Waals surface area (Å²) >= 11 is 0. The molecule has 4 aromatic rings. The predicted molar refractivity (Wildman–Crippen MR) is 87.3 cm³/mol. The van der Waals surface area contributed by atoms with Gasteiger partial charge in [-0.25, -0.2) is 0 Å². The molecule has 0 fully saturated rings. The maximum atomic E-state index is 6.13. The van der Waals surface area contributed by atoms with Crippen molar-refractivity contribution in [3.05, 3.63) is 65.4 Å². The van der Waals surface area contributed by atoms with Gasteiger partial charge in [0, 0.05) is 16.5 Å². The Morgan fingerprint density at radius 3 is 2.29 bits per heavy atom. The van der Waals surface area contributed by atoms with Crippen molar-refractivity contribution in [3.63, 3.8) is 0 Å². The number of aryl methyl sites for hydroxylation is 3. The van der Waals surface area contributed by atoms with Crippen LogP contribution in [0.5, 0.6) is 0 Å². The van der Waals surface area contributed by atoms with Gasteiger partial charge < -0.3 is 4.42 Å². The van der Waals surface area contributed by atoms with E-state index in [-0.39, 0.29) is 0 Å². The number of fused-ring (bicyclic) bond motifs is 3. The summed E-state index contributed by atoms with van der Waals surface area (Å²) in [6.07, 6.45) is 0. The number of hydrogen-bond acceptors (Lipinski definition) is 1. The van der Waals surface area contributed by atoms with Crippen molar-refractivity contribution < 1.29 is 4.42 Å². The van der Waals surface area contributed by atoms with Crippen molar-refractivity contribution in [3.8, 4) is 5.69 Å². The lowest BCUT2D eigenvalue weighted by Crippen LogP contribution is -2.01. The molecule has 0 spiro atoms. The highest BCUT2D eigenvalue weighted by Crippen LogP contribution is 2.34. The van der Waals surface area contributed by atoms with Crippen LogP contribution in [0.3, 0.4) is 0 Å². The van der Waals surface area contributed by atoms with Gasteiger partial charge in [0.2, 0.25) is 5.71 Å². The molecule has 0 unspecified atom stereocenters. The monoisotopic (exact) mass is 275 g/mol. The lowest BCUT2D eigenvalue weighted by atomic mass is 10.1. The van der Waals surface area contributed by atoms with Gasteiger partial charge in [0.1, 0.15) is 5.58 Å². The number of nitrogens with zero attached hydrogens (tertiary/aromatic N) is 1. The summed E-state index contributed by atoms with van der Waals surface area (Å²) < 4.78 is 8.37. The fourth-order valence-electron chi connectivity index (χ4n) is 3.23. The third-order valence-electron chi connectivity index (χ3n) is 4.19. The van der Waals surface area contributed by atoms with E-state index in [1.807, 2.05) is 12.1 Å². The van der Waals surface area contributed by atoms with E-state index in [1.54, 1.807) is 0 Å². The van der Waals surface area contributed by atoms with Crippen molar-refractivity contribution >= 4 is 22.1 Å². The van der Waals surface area contributed by atoms with E-state index in [1.165, 1.54) is 33.3 Å². The van der Waals surface area contributed by atoms with Gasteiger partial charge in [-0.2, -0.15) is 0 Å². The topological polar surface area (TPSA) is 18.1 Å². The molecule has 2 nitrogen and oxygen atoms in total. The standard InChI is InChI=1S/C19H17NO/c1-12-7-6-8-13(2)18(12)20-14(3)11-16-15-9-4-5-10-17(15)21-19(16)20/h4-11H,1-3H3. The molecule has 0 bridgehead atoms. The van der Waals surface area contributed by atoms with E-state index >= 15 is 0 Å². The molecule has 0 saturated carbocycles. The molecule has 0 aliphatic heterocycles. The zero-order valence-corrected chi connectivity index (χ0v) is 12.5. The smallest absolute Gasteiger partial charge is 0.212 e. The first kappa shape index (κ1) is 12.3. The summed E-state index contributed by atoms with van der Waals surface area (Å²) in [6, 6.07) is 16.8. The van der Waals surface area contributed by atoms with Crippen LogP contribution in [-0.2, 0) is 0 Å². The summed E-state index contributed by atoms with van der Waals surface area (Å²) in [5.41, 5.74) is 6.83. The highest BCUT2D eigenvalue weighted by Gasteiger charge is 2.17. The molecule has 21 heavy (non-hydrogen) atoms. The normalized spacial score (nSPS) is 11.6. The van der Waals surface area contributed by atoms with Gasteiger partial charge in [-0.15, -0.1) is 0 Å². The van der Waals surface area contributed by atoms with Crippen molar-refractivity contribution in [2.75, 3.05) is 0 Å². The van der Waals surface area contributed by atoms with Gasteiger partial charge in [0.15, 0.2) is 0 Å². The Morgan fingerprint density at radius 2 is 1.52 bits per heavy atom. The summed E-state index contributed by atoms with van der Waals surface area (Å²) in [7, 11) is 0. The average molecular weight is 275 g/mol. The van der Waals surface area contributed by atoms with E-state index in [4.69, 9.17) is 4.42 Å². The first-order valence-electron chi connectivity index (χ1n) is 7.23. The molecule has 2 aromatic heterocycles. The first-order valence-corrected chi connectivity index (χ1v) is 7.23. The van der Waals surface area contributed by atoms with Crippen LogP contribution in [0.4, 0.5) is 0 Å². The average Bonchev–Trinajstić information content (AvgIpc) is 2.95. The number of para-hydroxylation sites is 2. The molecule has 0 aliphatic rings. The molecule has 104 valence electrons. The number of hydrogen-bond donors (Lipinski definition) is 0. The highest BCUT2D eigenvalue weighted by molar-refractivity contribution is 6.05. The van der Waals surface area contributed by atoms with Gasteiger partial charge in [-0.3, -0.25) is 4.57 Å². The zero-order chi connectivity index (χ0) is 14.6. The van der Waals surface area contributed by atoms with Gasteiger partial charge in [-0.1, -0.05) is 36.4 Å². The lowest BCUT2D eigenvalue weighted by Gasteiger charge is -2.13. The van der Waals surface area contributed by atoms with E-state index in [0.29, 0.717) is 0 Å². The molecule has 0 saturated heterocycles. The number of benzene rings is 2.